The summed E-state index contributed by atoms with van der Waals surface area (Å²) in [6.07, 6.45) is 0. The van der Waals surface area contributed by atoms with Crippen LogP contribution in [-0.4, -0.2) is 33.9 Å². The highest BCUT2D eigenvalue weighted by molar-refractivity contribution is 7.92. The molecule has 0 aliphatic carbocycles. The Kier molecular flexibility index (Phi) is 8.08. The first kappa shape index (κ1) is 26.4. The van der Waals surface area contributed by atoms with E-state index < -0.39 is 28.4 Å². The van der Waals surface area contributed by atoms with E-state index in [0.717, 1.165) is 9.87 Å². The maximum Gasteiger partial charge on any atom is 0.337 e. The van der Waals surface area contributed by atoms with E-state index in [2.05, 4.69) is 10.1 Å². The molecule has 0 saturated heterocycles. The van der Waals surface area contributed by atoms with Crippen LogP contribution in [0.5, 0.6) is 11.5 Å². The van der Waals surface area contributed by atoms with Gasteiger partial charge in [0.1, 0.15) is 18.0 Å². The van der Waals surface area contributed by atoms with Crippen molar-refractivity contribution in [3.63, 3.8) is 0 Å². The van der Waals surface area contributed by atoms with Crippen LogP contribution in [0.25, 0.3) is 0 Å². The van der Waals surface area contributed by atoms with E-state index >= 15 is 0 Å². The fourth-order valence-electron chi connectivity index (χ4n) is 3.60. The highest BCUT2D eigenvalue weighted by atomic mass is 32.2. The highest BCUT2D eigenvalue weighted by Gasteiger charge is 2.27. The molecule has 4 aromatic carbocycles. The first-order valence-electron chi connectivity index (χ1n) is 11.7. The number of sulfonamides is 1. The fraction of sp³-hybridized carbons (Fsp3) is 0.103. The molecule has 38 heavy (non-hydrogen) atoms. The van der Waals surface area contributed by atoms with Crippen molar-refractivity contribution in [2.24, 2.45) is 0 Å². The van der Waals surface area contributed by atoms with Crippen molar-refractivity contribution in [2.45, 2.75) is 11.8 Å². The van der Waals surface area contributed by atoms with Gasteiger partial charge in [0, 0.05) is 5.69 Å². The molecule has 0 saturated carbocycles. The first-order chi connectivity index (χ1) is 18.3. The summed E-state index contributed by atoms with van der Waals surface area (Å²) in [5, 5.41) is 2.68. The second-order valence-electron chi connectivity index (χ2n) is 8.35. The molecule has 4 aromatic rings. The van der Waals surface area contributed by atoms with E-state index in [9.17, 15) is 18.0 Å². The Bertz CT molecular complexity index is 1500. The summed E-state index contributed by atoms with van der Waals surface area (Å²) < 4.78 is 38.8. The van der Waals surface area contributed by atoms with Crippen molar-refractivity contribution >= 4 is 33.3 Å². The Labute approximate surface area is 221 Å². The van der Waals surface area contributed by atoms with Crippen LogP contribution in [0.4, 0.5) is 11.4 Å². The molecule has 8 nitrogen and oxygen atoms in total. The summed E-state index contributed by atoms with van der Waals surface area (Å²) in [6.45, 7) is 1.38. The van der Waals surface area contributed by atoms with E-state index in [1.807, 2.05) is 37.3 Å². The summed E-state index contributed by atoms with van der Waals surface area (Å²) in [5.74, 6) is 0.0961. The molecule has 1 amide bonds. The fourth-order valence-corrected chi connectivity index (χ4v) is 5.02. The molecule has 0 aliphatic rings. The van der Waals surface area contributed by atoms with Crippen molar-refractivity contribution in [3.8, 4) is 11.5 Å². The molecule has 0 unspecified atom stereocenters. The van der Waals surface area contributed by atoms with Gasteiger partial charge in [-0.05, 0) is 79.7 Å². The van der Waals surface area contributed by atoms with Crippen LogP contribution in [0.1, 0.15) is 15.9 Å². The van der Waals surface area contributed by atoms with Gasteiger partial charge in [-0.3, -0.25) is 9.10 Å². The van der Waals surface area contributed by atoms with Crippen LogP contribution in [0, 0.1) is 6.92 Å². The van der Waals surface area contributed by atoms with Gasteiger partial charge >= 0.3 is 5.97 Å². The maximum absolute atomic E-state index is 13.6. The number of methoxy groups -OCH3 is 1. The summed E-state index contributed by atoms with van der Waals surface area (Å²) in [5.41, 5.74) is 1.93. The van der Waals surface area contributed by atoms with Crippen LogP contribution >= 0.6 is 0 Å². The lowest BCUT2D eigenvalue weighted by Gasteiger charge is -2.24. The van der Waals surface area contributed by atoms with Gasteiger partial charge in [-0.15, -0.1) is 0 Å². The summed E-state index contributed by atoms with van der Waals surface area (Å²) in [4.78, 5) is 24.7. The van der Waals surface area contributed by atoms with Crippen LogP contribution in [0.2, 0.25) is 0 Å². The molecule has 0 bridgehead atoms. The Balaban J connectivity index is 1.59. The van der Waals surface area contributed by atoms with E-state index in [0.29, 0.717) is 28.4 Å². The number of esters is 1. The number of para-hydroxylation sites is 1. The zero-order chi connectivity index (χ0) is 27.1. The minimum absolute atomic E-state index is 0.0583. The minimum atomic E-state index is -4.08. The summed E-state index contributed by atoms with van der Waals surface area (Å²) >= 11 is 0. The third-order valence-electron chi connectivity index (χ3n) is 5.59. The SMILES string of the molecule is COC(=O)c1ccc(NC(=O)CN(c2ccc(Oc3ccccc3)cc2)S(=O)(=O)c2ccc(C)cc2)cc1. The Morgan fingerprint density at radius 2 is 1.39 bits per heavy atom. The van der Waals surface area contributed by atoms with Crippen molar-refractivity contribution in [1.29, 1.82) is 0 Å². The van der Waals surface area contributed by atoms with Crippen LogP contribution in [-0.2, 0) is 19.6 Å². The monoisotopic (exact) mass is 530 g/mol. The van der Waals surface area contributed by atoms with Crippen LogP contribution in [0.15, 0.2) is 108 Å². The number of rotatable bonds is 9. The third-order valence-corrected chi connectivity index (χ3v) is 7.38. The number of hydrogen-bond acceptors (Lipinski definition) is 6. The maximum atomic E-state index is 13.6. The molecule has 9 heteroatoms. The molecule has 0 spiro atoms. The second kappa shape index (κ2) is 11.6. The number of nitrogens with one attached hydrogen (secondary N) is 1. The lowest BCUT2D eigenvalue weighted by atomic mass is 10.2. The van der Waals surface area contributed by atoms with Crippen molar-refractivity contribution in [2.75, 3.05) is 23.3 Å². The first-order valence-corrected chi connectivity index (χ1v) is 13.1. The van der Waals surface area contributed by atoms with Gasteiger partial charge in [0.05, 0.1) is 23.3 Å². The van der Waals surface area contributed by atoms with E-state index in [1.54, 1.807) is 48.5 Å². The second-order valence-corrected chi connectivity index (χ2v) is 10.2. The van der Waals surface area contributed by atoms with Crippen molar-refractivity contribution < 1.29 is 27.5 Å². The zero-order valence-electron chi connectivity index (χ0n) is 20.8. The van der Waals surface area contributed by atoms with E-state index in [1.165, 1.54) is 31.4 Å². The largest absolute Gasteiger partial charge is 0.465 e. The summed E-state index contributed by atoms with van der Waals surface area (Å²) in [6, 6.07) is 28.2. The van der Waals surface area contributed by atoms with Crippen LogP contribution in [0.3, 0.4) is 0 Å². The van der Waals surface area contributed by atoms with Gasteiger partial charge in [0.25, 0.3) is 10.0 Å². The number of nitrogens with zero attached hydrogens (tertiary/aromatic N) is 1. The Morgan fingerprint density at radius 1 is 0.789 bits per heavy atom. The predicted octanol–water partition coefficient (Wildman–Crippen LogP) is 5.41. The predicted molar refractivity (Wildman–Crippen MR) is 145 cm³/mol. The van der Waals surface area contributed by atoms with Gasteiger partial charge in [0.2, 0.25) is 5.91 Å². The lowest BCUT2D eigenvalue weighted by Crippen LogP contribution is -2.38. The number of aryl methyl sites for hydroxylation is 1. The van der Waals surface area contributed by atoms with Crippen LogP contribution < -0.4 is 14.4 Å². The standard InChI is InChI=1S/C29H26N2O6S/c1-21-8-18-27(19-9-21)38(34,35)31(20-28(32)30-23-12-10-22(11-13-23)29(33)36-2)24-14-16-26(17-15-24)37-25-6-4-3-5-7-25/h3-19H,20H2,1-2H3,(H,30,32). The minimum Gasteiger partial charge on any atom is -0.465 e. The molecule has 0 fully saturated rings. The topological polar surface area (TPSA) is 102 Å². The number of benzene rings is 4. The van der Waals surface area contributed by atoms with Crippen molar-refractivity contribution in [1.82, 2.24) is 0 Å². The average molecular weight is 531 g/mol. The average Bonchev–Trinajstić information content (AvgIpc) is 2.93. The normalized spacial score (nSPS) is 10.9. The molecule has 0 aliphatic heterocycles. The Hall–Kier alpha value is -4.63. The van der Waals surface area contributed by atoms with Gasteiger partial charge in [0.15, 0.2) is 0 Å². The number of anilines is 2. The Morgan fingerprint density at radius 3 is 2.00 bits per heavy atom. The number of carbonyl (C=O) groups is 2. The van der Waals surface area contributed by atoms with Crippen molar-refractivity contribution in [3.05, 3.63) is 114 Å². The molecular weight excluding hydrogens is 504 g/mol. The molecular formula is C29H26N2O6S. The molecule has 194 valence electrons. The molecule has 4 rings (SSSR count). The van der Waals surface area contributed by atoms with Gasteiger partial charge in [-0.2, -0.15) is 0 Å². The molecule has 0 heterocycles. The molecule has 1 N–H and O–H groups in total. The quantitative estimate of drug-likeness (QED) is 0.291. The number of amides is 1. The third kappa shape index (κ3) is 6.37. The molecule has 0 atom stereocenters. The van der Waals surface area contributed by atoms with Gasteiger partial charge in [-0.1, -0.05) is 35.9 Å². The van der Waals surface area contributed by atoms with E-state index in [4.69, 9.17) is 4.74 Å². The molecule has 0 aromatic heterocycles. The number of carbonyl (C=O) groups excluding carboxylic acids is 2. The van der Waals surface area contributed by atoms with Gasteiger partial charge < -0.3 is 14.8 Å². The van der Waals surface area contributed by atoms with E-state index in [-0.39, 0.29) is 4.90 Å². The molecule has 0 radical (unpaired) electrons. The lowest BCUT2D eigenvalue weighted by molar-refractivity contribution is -0.114. The summed E-state index contributed by atoms with van der Waals surface area (Å²) in [7, 11) is -2.80. The zero-order valence-corrected chi connectivity index (χ0v) is 21.6. The smallest absolute Gasteiger partial charge is 0.337 e. The van der Waals surface area contributed by atoms with Gasteiger partial charge in [-0.25, -0.2) is 13.2 Å². The number of ether oxygens (including phenoxy) is 2. The highest BCUT2D eigenvalue weighted by Crippen LogP contribution is 2.28. The number of hydrogen-bond donors (Lipinski definition) is 1.